The van der Waals surface area contributed by atoms with E-state index < -0.39 is 0 Å². The number of aromatic nitrogens is 2. The largest absolute Gasteiger partial charge is 0.319 e. The van der Waals surface area contributed by atoms with Crippen LogP contribution in [-0.2, 0) is 0 Å². The van der Waals surface area contributed by atoms with Crippen LogP contribution in [0.15, 0.2) is 158 Å². The Kier molecular flexibility index (Phi) is 6.30. The van der Waals surface area contributed by atoms with Gasteiger partial charge in [-0.15, -0.1) is 22.7 Å². The van der Waals surface area contributed by atoms with Gasteiger partial charge in [0.1, 0.15) is 6.07 Å². The smallest absolute Gasteiger partial charge is 0.212 e. The molecule has 0 fully saturated rings. The van der Waals surface area contributed by atoms with E-state index in [0.717, 1.165) is 43.6 Å². The van der Waals surface area contributed by atoms with E-state index in [1.54, 1.807) is 0 Å². The van der Waals surface area contributed by atoms with Crippen molar-refractivity contribution in [3.8, 4) is 17.4 Å². The van der Waals surface area contributed by atoms with Crippen LogP contribution in [0.4, 0.5) is 5.69 Å². The Hall–Kier alpha value is -7.48. The Morgan fingerprint density at radius 3 is 1.41 bits per heavy atom. The molecule has 4 nitrogen and oxygen atoms in total. The van der Waals surface area contributed by atoms with Gasteiger partial charge in [0.05, 0.1) is 45.6 Å². The molecule has 0 aliphatic rings. The standard InChI is InChI=1S/C52H26N4S2/c1-54-38-27-43(55-39-22-18-29-10-2-4-12-32(29)47(39)49-41(55)24-20-36-34-14-6-8-16-45(34)57-51(36)49)31(28-53)26-44(38)56-40-23-19-30-11-3-5-13-33(30)48(40)50-42(56)25-21-37-35-15-7-9-17-46(35)58-52(37)50/h2-27H. The minimum atomic E-state index is 0.483. The molecule has 0 saturated heterocycles. The summed E-state index contributed by atoms with van der Waals surface area (Å²) >= 11 is 3.63. The van der Waals surface area contributed by atoms with Gasteiger partial charge in [0.15, 0.2) is 0 Å². The molecule has 4 heterocycles. The molecule has 4 aromatic heterocycles. The van der Waals surface area contributed by atoms with E-state index >= 15 is 0 Å². The monoisotopic (exact) mass is 770 g/mol. The van der Waals surface area contributed by atoms with Crippen LogP contribution in [-0.4, -0.2) is 9.13 Å². The van der Waals surface area contributed by atoms with Crippen LogP contribution in [0.2, 0.25) is 0 Å². The van der Waals surface area contributed by atoms with Crippen LogP contribution < -0.4 is 0 Å². The van der Waals surface area contributed by atoms with E-state index in [4.69, 9.17) is 6.57 Å². The highest BCUT2D eigenvalue weighted by Crippen LogP contribution is 2.49. The van der Waals surface area contributed by atoms with E-state index in [2.05, 4.69) is 166 Å². The number of hydrogen-bond donors (Lipinski definition) is 0. The number of thiophene rings is 2. The number of rotatable bonds is 2. The molecule has 13 rings (SSSR count). The second-order valence-corrected chi connectivity index (χ2v) is 17.1. The number of fused-ring (bicyclic) bond motifs is 18. The first-order valence-electron chi connectivity index (χ1n) is 19.2. The quantitative estimate of drug-likeness (QED) is 0.161. The van der Waals surface area contributed by atoms with E-state index in [-0.39, 0.29) is 0 Å². The molecule has 0 atom stereocenters. The third-order valence-corrected chi connectivity index (χ3v) is 14.6. The summed E-state index contributed by atoms with van der Waals surface area (Å²) in [5, 5.41) is 25.4. The fraction of sp³-hybridized carbons (Fsp3) is 0. The molecule has 13 aromatic rings. The molecule has 0 aliphatic heterocycles. The van der Waals surface area contributed by atoms with Crippen molar-refractivity contribution in [2.75, 3.05) is 0 Å². The van der Waals surface area contributed by atoms with E-state index in [1.807, 2.05) is 34.8 Å². The first-order valence-corrected chi connectivity index (χ1v) is 20.8. The molecule has 0 radical (unpaired) electrons. The van der Waals surface area contributed by atoms with Crippen molar-refractivity contribution in [3.05, 3.63) is 175 Å². The van der Waals surface area contributed by atoms with E-state index in [9.17, 15) is 5.26 Å². The number of nitriles is 1. The second-order valence-electron chi connectivity index (χ2n) is 15.0. The highest BCUT2D eigenvalue weighted by Gasteiger charge is 2.25. The highest BCUT2D eigenvalue weighted by atomic mass is 32.1. The lowest BCUT2D eigenvalue weighted by Crippen LogP contribution is -2.01. The van der Waals surface area contributed by atoms with Gasteiger partial charge in [-0.05, 0) is 70.1 Å². The van der Waals surface area contributed by atoms with Gasteiger partial charge in [0.2, 0.25) is 5.69 Å². The maximum atomic E-state index is 11.1. The average molecular weight is 771 g/mol. The molecular formula is C52H26N4S2. The lowest BCUT2D eigenvalue weighted by Gasteiger charge is -2.16. The zero-order valence-corrected chi connectivity index (χ0v) is 32.2. The first-order chi connectivity index (χ1) is 28.7. The summed E-state index contributed by atoms with van der Waals surface area (Å²) in [5.74, 6) is 0. The van der Waals surface area contributed by atoms with Crippen molar-refractivity contribution in [2.45, 2.75) is 0 Å². The summed E-state index contributed by atoms with van der Waals surface area (Å²) in [4.78, 5) is 4.25. The summed E-state index contributed by atoms with van der Waals surface area (Å²) in [6.45, 7) is 8.71. The molecule has 0 unspecified atom stereocenters. The lowest BCUT2D eigenvalue weighted by molar-refractivity contribution is 1.14. The van der Waals surface area contributed by atoms with Crippen molar-refractivity contribution < 1.29 is 0 Å². The van der Waals surface area contributed by atoms with Gasteiger partial charge in [-0.2, -0.15) is 5.26 Å². The van der Waals surface area contributed by atoms with E-state index in [0.29, 0.717) is 22.6 Å². The maximum Gasteiger partial charge on any atom is 0.212 e. The minimum Gasteiger partial charge on any atom is -0.319 e. The Morgan fingerprint density at radius 2 is 0.897 bits per heavy atom. The van der Waals surface area contributed by atoms with Gasteiger partial charge in [-0.1, -0.05) is 109 Å². The molecule has 9 aromatic carbocycles. The van der Waals surface area contributed by atoms with Gasteiger partial charge >= 0.3 is 0 Å². The Labute approximate surface area is 338 Å². The summed E-state index contributed by atoms with van der Waals surface area (Å²) in [6.07, 6.45) is 0. The molecule has 0 bridgehead atoms. The van der Waals surface area contributed by atoms with Gasteiger partial charge in [0, 0.05) is 61.9 Å². The predicted molar refractivity (Wildman–Crippen MR) is 247 cm³/mol. The molecule has 58 heavy (non-hydrogen) atoms. The molecule has 0 aliphatic carbocycles. The summed E-state index contributed by atoms with van der Waals surface area (Å²) < 4.78 is 9.39. The van der Waals surface area contributed by atoms with Gasteiger partial charge in [0.25, 0.3) is 0 Å². The predicted octanol–water partition coefficient (Wildman–Crippen LogP) is 15.3. The molecule has 6 heteroatoms. The topological polar surface area (TPSA) is 38.0 Å². The SMILES string of the molecule is [C-]#[N+]c1cc(-n2c3ccc4ccccc4c3c3c4sc5ccccc5c4ccc32)c(C#N)cc1-n1c2ccc3ccccc3c2c2c3sc4ccccc4c3ccc21. The highest BCUT2D eigenvalue weighted by molar-refractivity contribution is 7.27. The number of benzene rings is 9. The zero-order valence-electron chi connectivity index (χ0n) is 30.6. The third kappa shape index (κ3) is 4.05. The molecule has 0 N–H and O–H groups in total. The third-order valence-electron chi connectivity index (χ3n) is 12.1. The summed E-state index contributed by atoms with van der Waals surface area (Å²) in [6, 6.07) is 58.4. The second kappa shape index (κ2) is 11.5. The Morgan fingerprint density at radius 1 is 0.448 bits per heavy atom. The van der Waals surface area contributed by atoms with Crippen molar-refractivity contribution in [1.29, 1.82) is 5.26 Å². The van der Waals surface area contributed by atoms with Crippen molar-refractivity contribution in [1.82, 2.24) is 9.13 Å². The molecule has 0 saturated carbocycles. The van der Waals surface area contributed by atoms with E-state index in [1.165, 1.54) is 61.9 Å². The van der Waals surface area contributed by atoms with Gasteiger partial charge < -0.3 is 9.13 Å². The van der Waals surface area contributed by atoms with Gasteiger partial charge in [-0.25, -0.2) is 4.85 Å². The fourth-order valence-electron chi connectivity index (χ4n) is 9.72. The zero-order chi connectivity index (χ0) is 38.2. The van der Waals surface area contributed by atoms with Crippen LogP contribution in [0, 0.1) is 17.9 Å². The van der Waals surface area contributed by atoms with Gasteiger partial charge in [-0.3, -0.25) is 0 Å². The minimum absolute atomic E-state index is 0.483. The normalized spacial score (nSPS) is 12.1. The van der Waals surface area contributed by atoms with Crippen LogP contribution in [0.1, 0.15) is 5.56 Å². The molecule has 266 valence electrons. The first kappa shape index (κ1) is 31.7. The molecular weight excluding hydrogens is 745 g/mol. The van der Waals surface area contributed by atoms with Crippen molar-refractivity contribution >= 4 is 134 Å². The lowest BCUT2D eigenvalue weighted by atomic mass is 10.0. The maximum absolute atomic E-state index is 11.1. The fourth-order valence-corrected chi connectivity index (χ4v) is 12.2. The number of nitrogens with zero attached hydrogens (tertiary/aromatic N) is 4. The Bertz CT molecular complexity index is 3800. The van der Waals surface area contributed by atoms with Crippen molar-refractivity contribution in [2.24, 2.45) is 0 Å². The van der Waals surface area contributed by atoms with Crippen LogP contribution >= 0.6 is 22.7 Å². The van der Waals surface area contributed by atoms with Crippen LogP contribution in [0.5, 0.6) is 0 Å². The van der Waals surface area contributed by atoms with Crippen LogP contribution in [0.3, 0.4) is 0 Å². The summed E-state index contributed by atoms with van der Waals surface area (Å²) in [7, 11) is 0. The summed E-state index contributed by atoms with van der Waals surface area (Å²) in [5.41, 5.74) is 6.43. The molecule has 0 spiro atoms. The average Bonchev–Trinajstić information content (AvgIpc) is 4.03. The Balaban J connectivity index is 1.16. The molecule has 0 amide bonds. The number of hydrogen-bond acceptors (Lipinski definition) is 3. The van der Waals surface area contributed by atoms with Crippen molar-refractivity contribution in [3.63, 3.8) is 0 Å². The van der Waals surface area contributed by atoms with Crippen LogP contribution in [0.25, 0.3) is 122 Å².